The van der Waals surface area contributed by atoms with Crippen molar-refractivity contribution in [1.29, 1.82) is 0 Å². The first-order valence-corrected chi connectivity index (χ1v) is 46.4. The topological polar surface area (TPSA) is 119 Å². The number of hydrogen-bond acceptors (Lipinski definition) is 6. The Bertz CT molecular complexity index is 7190. The number of aryl methyl sites for hydroxylation is 4. The van der Waals surface area contributed by atoms with Crippen molar-refractivity contribution in [2.45, 2.75) is 158 Å². The minimum absolute atomic E-state index is 0.00686. The zero-order valence-corrected chi connectivity index (χ0v) is 74.7. The van der Waals surface area contributed by atoms with Crippen LogP contribution in [-0.4, -0.2) is 41.3 Å². The lowest BCUT2D eigenvalue weighted by Crippen LogP contribution is -2.17. The molecule has 6 N–H and O–H groups in total. The van der Waals surface area contributed by atoms with E-state index in [1.165, 1.54) is 0 Å². The Labute approximate surface area is 758 Å². The standard InChI is InChI=1S/C100H76F20N8S4/c1-9-17-39-33-47-53-25-27-55(129-53)49-37-43(21-13-5)95(125-49)69(65-75(105)83(113)89(119)84(114)76(65)106)97-45(23-15-7)61(99(127-97)59-31-29-57(131-59)51-35-41(19-11-3)93(123-51)67(91(39)121-47)63-71(101)79(109)87(117)80(110)72(63)102)62-46(24-16-8)98-70(66-77(107)85(115)90(120)86(116)78(66)108)96-44(22-14-6)38-50(126-96)56-28-26-54(130-56)48-34-40(18-10-2)92(122-48)68(64-73(103)81(111)88(118)82(112)74(64)104)94-42(20-12-4)36-52(124-94)58-30-32-60(132-58)100(62)128-98/h25-38,121,123-124,126-128H,9-24H2,1-8H3/q+2/b92-68-,95-69-. The van der Waals surface area contributed by atoms with Crippen LogP contribution in [0, 0.1) is 128 Å². The molecule has 0 atom stereocenters. The Morgan fingerprint density at radius 3 is 0.902 bits per heavy atom. The third-order valence-electron chi connectivity index (χ3n) is 24.2. The summed E-state index contributed by atoms with van der Waals surface area (Å²) in [6.45, 7) is 14.1. The first kappa shape index (κ1) is 90.5. The second-order valence-electron chi connectivity index (χ2n) is 32.8. The average molecular weight is 1900 g/mol. The summed E-state index contributed by atoms with van der Waals surface area (Å²) in [6.07, 6.45) is 5.32. The zero-order chi connectivity index (χ0) is 93.5. The normalized spacial score (nSPS) is 14.8. The molecular formula is C100H76F20N8S4+2. The van der Waals surface area contributed by atoms with Gasteiger partial charge in [0.15, 0.2) is 57.7 Å². The van der Waals surface area contributed by atoms with E-state index in [0.29, 0.717) is 67.5 Å². The number of rotatable bonds is 21. The van der Waals surface area contributed by atoms with E-state index >= 15 is 87.8 Å². The van der Waals surface area contributed by atoms with Crippen molar-refractivity contribution in [3.05, 3.63) is 335 Å². The van der Waals surface area contributed by atoms with Crippen LogP contribution in [0.3, 0.4) is 0 Å². The monoisotopic (exact) mass is 1900 g/mol. The largest absolute Gasteiger partial charge is 0.354 e. The summed E-state index contributed by atoms with van der Waals surface area (Å²) >= 11 is 4.06. The fourth-order valence-corrected chi connectivity index (χ4v) is 22.3. The molecule has 10 aromatic heterocycles. The van der Waals surface area contributed by atoms with Crippen molar-refractivity contribution in [3.63, 3.8) is 0 Å². The van der Waals surface area contributed by atoms with Gasteiger partial charge in [0, 0.05) is 88.4 Å². The van der Waals surface area contributed by atoms with Gasteiger partial charge in [-0.15, -0.1) is 45.3 Å². The van der Waals surface area contributed by atoms with E-state index in [4.69, 9.17) is 9.98 Å². The molecule has 14 aromatic rings. The van der Waals surface area contributed by atoms with Gasteiger partial charge in [0.25, 0.3) is 0 Å². The quantitative estimate of drug-likeness (QED) is 0.0178. The van der Waals surface area contributed by atoms with Crippen LogP contribution in [0.5, 0.6) is 0 Å². The predicted molar refractivity (Wildman–Crippen MR) is 476 cm³/mol. The highest BCUT2D eigenvalue weighted by molar-refractivity contribution is 7.19. The number of aromatic amines is 6. The molecule has 0 saturated heterocycles. The Morgan fingerprint density at radius 1 is 0.250 bits per heavy atom. The number of allylic oxidation sites excluding steroid dienone is 4. The minimum Gasteiger partial charge on any atom is -0.354 e. The number of benzene rings is 4. The lowest BCUT2D eigenvalue weighted by molar-refractivity contribution is 0.373. The second kappa shape index (κ2) is 35.5. The number of hydrogen-bond donors (Lipinski definition) is 6. The van der Waals surface area contributed by atoms with Gasteiger partial charge in [0.05, 0.1) is 119 Å². The van der Waals surface area contributed by atoms with Gasteiger partial charge in [-0.3, -0.25) is 0 Å². The number of halogens is 20. The van der Waals surface area contributed by atoms with Gasteiger partial charge in [0.1, 0.15) is 34.6 Å². The van der Waals surface area contributed by atoms with Crippen molar-refractivity contribution in [3.8, 4) is 74.6 Å². The fourth-order valence-electron chi connectivity index (χ4n) is 18.5. The maximum absolute atomic E-state index is 18.1. The van der Waals surface area contributed by atoms with E-state index in [0.717, 1.165) is 45.3 Å². The summed E-state index contributed by atoms with van der Waals surface area (Å²) in [7, 11) is 0. The second-order valence-corrected chi connectivity index (χ2v) is 37.1. The van der Waals surface area contributed by atoms with Gasteiger partial charge < -0.3 is 29.9 Å². The van der Waals surface area contributed by atoms with Gasteiger partial charge in [-0.25, -0.2) is 53.9 Å². The van der Waals surface area contributed by atoms with E-state index in [1.54, 1.807) is 133 Å². The van der Waals surface area contributed by atoms with E-state index in [1.807, 2.05) is 6.92 Å². The van der Waals surface area contributed by atoms with Gasteiger partial charge in [0.2, 0.25) is 69.8 Å². The minimum atomic E-state index is -2.51. The van der Waals surface area contributed by atoms with E-state index in [2.05, 4.69) is 29.9 Å². The number of aromatic nitrogens is 6. The molecule has 24 bridgehead atoms. The number of H-pyrrole nitrogens is 6. The average Bonchev–Trinajstić information content (AvgIpc) is 1.55. The molecule has 0 saturated carbocycles. The van der Waals surface area contributed by atoms with Crippen LogP contribution >= 0.6 is 45.3 Å². The number of fused-ring (bicyclic) bond motifs is 30. The van der Waals surface area contributed by atoms with E-state index in [9.17, 15) is 0 Å². The van der Waals surface area contributed by atoms with E-state index < -0.39 is 162 Å². The summed E-state index contributed by atoms with van der Waals surface area (Å²) in [5, 5.41) is 0. The van der Waals surface area contributed by atoms with Crippen LogP contribution in [0.15, 0.2) is 117 Å². The Hall–Kier alpha value is -12.0. The van der Waals surface area contributed by atoms with Crippen LogP contribution in [0.4, 0.5) is 87.8 Å². The summed E-state index contributed by atoms with van der Waals surface area (Å²) in [6, 6.07) is 19.4. The van der Waals surface area contributed by atoms with Crippen molar-refractivity contribution >= 4 is 67.9 Å². The third kappa shape index (κ3) is 14.7. The molecule has 4 aliphatic heterocycles. The van der Waals surface area contributed by atoms with Gasteiger partial charge in [-0.05, 0) is 140 Å². The molecule has 0 radical (unpaired) electrons. The SMILES string of the molecule is CCCC1=CC2=N/C1=C(/c1c(F)c(F)c(F)c(F)c1F)c1[nH]c(cc1CCC)-c1ccc(s1)-c1[nH]c(c(CCC)c1-c1c3[nH]c(c1CCC)/C(c1c(F)c(F)c(F)c(F)c1F)=C1\N=C(C=C1CCC)c1ccc(s1)-c1cc(CCC)c([nH]1)[C+](c1c(F)c(F)c(F)c(F)c1F)c1[nH]c(cc1CCC)-c1ccc-3s1)[C+](c1c(F)c(F)c(F)c(F)c1F)c1[nH]c(cc1CCC)-c1ccc2s1. The molecule has 14 heterocycles. The highest BCUT2D eigenvalue weighted by Crippen LogP contribution is 2.57. The zero-order valence-electron chi connectivity index (χ0n) is 71.5. The molecule has 0 unspecified atom stereocenters. The Morgan fingerprint density at radius 2 is 0.530 bits per heavy atom. The molecule has 0 aliphatic carbocycles. The lowest BCUT2D eigenvalue weighted by atomic mass is 9.83. The number of aliphatic imine (C=N–C) groups is 2. The van der Waals surface area contributed by atoms with E-state index in [-0.39, 0.29) is 221 Å². The summed E-state index contributed by atoms with van der Waals surface area (Å²) < 4.78 is 336. The molecule has 0 fully saturated rings. The highest BCUT2D eigenvalue weighted by atomic mass is 32.1. The summed E-state index contributed by atoms with van der Waals surface area (Å²) in [5.74, 6) is -47.0. The Kier molecular flexibility index (Phi) is 24.4. The van der Waals surface area contributed by atoms with Crippen LogP contribution < -0.4 is 0 Å². The molecular weight excluding hydrogens is 1820 g/mol. The summed E-state index contributed by atoms with van der Waals surface area (Å²) in [4.78, 5) is 32.7. The maximum Gasteiger partial charge on any atom is 0.239 e. The molecule has 678 valence electrons. The van der Waals surface area contributed by atoms with Crippen LogP contribution in [-0.2, 0) is 38.5 Å². The molecule has 4 aromatic carbocycles. The third-order valence-corrected chi connectivity index (χ3v) is 28.7. The lowest BCUT2D eigenvalue weighted by Gasteiger charge is -2.18. The molecule has 132 heavy (non-hydrogen) atoms. The molecule has 0 spiro atoms. The molecule has 0 amide bonds. The first-order chi connectivity index (χ1) is 63.4. The molecule has 4 aliphatic rings. The number of thiophene rings is 4. The first-order valence-electron chi connectivity index (χ1n) is 43.1. The van der Waals surface area contributed by atoms with Gasteiger partial charge in [-0.1, -0.05) is 81.1 Å². The maximum atomic E-state index is 18.1. The van der Waals surface area contributed by atoms with Crippen molar-refractivity contribution in [2.75, 3.05) is 0 Å². The van der Waals surface area contributed by atoms with Crippen molar-refractivity contribution < 1.29 is 87.8 Å². The van der Waals surface area contributed by atoms with Crippen LogP contribution in [0.1, 0.15) is 219 Å². The molecule has 32 heteroatoms. The van der Waals surface area contributed by atoms with Crippen LogP contribution in [0.25, 0.3) is 85.7 Å². The van der Waals surface area contributed by atoms with Gasteiger partial charge >= 0.3 is 0 Å². The highest BCUT2D eigenvalue weighted by Gasteiger charge is 2.48. The smallest absolute Gasteiger partial charge is 0.239 e. The molecule has 8 nitrogen and oxygen atoms in total. The fraction of sp³-hybridized carbons (Fsp3) is 0.240. The predicted octanol–water partition coefficient (Wildman–Crippen LogP) is 30.7. The number of nitrogens with zero attached hydrogens (tertiary/aromatic N) is 2. The van der Waals surface area contributed by atoms with Crippen LogP contribution in [0.2, 0.25) is 0 Å². The van der Waals surface area contributed by atoms with Crippen molar-refractivity contribution in [1.82, 2.24) is 29.9 Å². The van der Waals surface area contributed by atoms with Crippen molar-refractivity contribution in [2.24, 2.45) is 9.98 Å². The molecule has 18 rings (SSSR count). The summed E-state index contributed by atoms with van der Waals surface area (Å²) in [5.41, 5.74) is -5.28. The number of nitrogens with one attached hydrogen (secondary N) is 6. The Balaban J connectivity index is 1.02. The van der Waals surface area contributed by atoms with Gasteiger partial charge in [-0.2, -0.15) is 43.9 Å².